The van der Waals surface area contributed by atoms with Gasteiger partial charge in [-0.3, -0.25) is 9.78 Å². The Hall–Kier alpha value is -1.11. The predicted molar refractivity (Wildman–Crippen MR) is 96.7 cm³/mol. The highest BCUT2D eigenvalue weighted by Crippen LogP contribution is 2.36. The number of thioether (sulfide) groups is 1. The van der Waals surface area contributed by atoms with E-state index in [2.05, 4.69) is 11.1 Å². The summed E-state index contributed by atoms with van der Waals surface area (Å²) in [6, 6.07) is 2.03. The average molecular weight is 333 g/mol. The molecular formula is C17H24BNO3S. The lowest BCUT2D eigenvalue weighted by molar-refractivity contribution is -0.109. The molecule has 0 atom stereocenters. The zero-order valence-corrected chi connectivity index (χ0v) is 15.3. The Morgan fingerprint density at radius 3 is 2.52 bits per heavy atom. The lowest BCUT2D eigenvalue weighted by atomic mass is 9.80. The molecule has 0 aliphatic carbocycles. The Balaban J connectivity index is 2.01. The van der Waals surface area contributed by atoms with Gasteiger partial charge in [0.25, 0.3) is 0 Å². The molecule has 1 aromatic rings. The van der Waals surface area contributed by atoms with E-state index in [-0.39, 0.29) is 16.3 Å². The van der Waals surface area contributed by atoms with Gasteiger partial charge < -0.3 is 9.31 Å². The number of allylic oxidation sites excluding steroid dienone is 1. The third kappa shape index (κ3) is 4.69. The van der Waals surface area contributed by atoms with Crippen LogP contribution in [0, 0.1) is 0 Å². The molecule has 0 saturated carbocycles. The monoisotopic (exact) mass is 333 g/mol. The lowest BCUT2D eigenvalue weighted by Gasteiger charge is -2.32. The third-order valence-corrected chi connectivity index (χ3v) is 5.05. The van der Waals surface area contributed by atoms with Gasteiger partial charge >= 0.3 is 7.12 Å². The second-order valence-corrected chi connectivity index (χ2v) is 7.94. The van der Waals surface area contributed by atoms with Crippen LogP contribution in [-0.4, -0.2) is 34.2 Å². The van der Waals surface area contributed by atoms with Crippen LogP contribution in [0.2, 0.25) is 0 Å². The van der Waals surface area contributed by atoms with Crippen molar-refractivity contribution in [3.8, 4) is 0 Å². The van der Waals surface area contributed by atoms with Crippen molar-refractivity contribution in [2.45, 2.75) is 52.2 Å². The van der Waals surface area contributed by atoms with E-state index in [0.717, 1.165) is 23.2 Å². The zero-order valence-electron chi connectivity index (χ0n) is 14.5. The molecule has 1 aliphatic heterocycles. The summed E-state index contributed by atoms with van der Waals surface area (Å²) in [5.41, 5.74) is 1.22. The van der Waals surface area contributed by atoms with Gasteiger partial charge in [-0.2, -0.15) is 0 Å². The fourth-order valence-corrected chi connectivity index (χ4v) is 2.71. The maximum absolute atomic E-state index is 10.9. The van der Waals surface area contributed by atoms with Crippen LogP contribution in [0.15, 0.2) is 24.5 Å². The molecule has 4 nitrogen and oxygen atoms in total. The molecular weight excluding hydrogens is 309 g/mol. The molecule has 0 spiro atoms. The van der Waals surface area contributed by atoms with Gasteiger partial charge in [0.15, 0.2) is 5.12 Å². The molecule has 6 heteroatoms. The average Bonchev–Trinajstić information content (AvgIpc) is 2.67. The molecule has 2 rings (SSSR count). The quantitative estimate of drug-likeness (QED) is 0.612. The summed E-state index contributed by atoms with van der Waals surface area (Å²) in [4.78, 5) is 15.2. The van der Waals surface area contributed by atoms with Gasteiger partial charge in [0, 0.05) is 30.5 Å². The minimum atomic E-state index is -0.394. The molecule has 0 radical (unpaired) electrons. The molecule has 2 heterocycles. The maximum Gasteiger partial charge on any atom is 0.496 e. The number of carbonyl (C=O) groups is 1. The fourth-order valence-electron chi connectivity index (χ4n) is 2.17. The predicted octanol–water partition coefficient (Wildman–Crippen LogP) is 3.06. The Labute approximate surface area is 143 Å². The van der Waals surface area contributed by atoms with Crippen molar-refractivity contribution in [2.24, 2.45) is 0 Å². The highest BCUT2D eigenvalue weighted by atomic mass is 32.2. The molecule has 1 fully saturated rings. The number of carbonyl (C=O) groups excluding carboxylic acids is 1. The molecule has 1 saturated heterocycles. The van der Waals surface area contributed by atoms with Gasteiger partial charge in [-0.15, -0.1) is 0 Å². The van der Waals surface area contributed by atoms with Crippen LogP contribution in [0.4, 0.5) is 0 Å². The zero-order chi connectivity index (χ0) is 17.1. The van der Waals surface area contributed by atoms with Crippen LogP contribution in [0.5, 0.6) is 0 Å². The maximum atomic E-state index is 10.9. The van der Waals surface area contributed by atoms with Crippen LogP contribution in [0.25, 0.3) is 6.08 Å². The first-order valence-corrected chi connectivity index (χ1v) is 8.80. The van der Waals surface area contributed by atoms with E-state index in [0.29, 0.717) is 0 Å². The van der Waals surface area contributed by atoms with Crippen LogP contribution in [-0.2, 0) is 14.1 Å². The third-order valence-electron chi connectivity index (χ3n) is 4.21. The molecule has 1 aromatic heterocycles. The van der Waals surface area contributed by atoms with Gasteiger partial charge in [0.2, 0.25) is 0 Å². The first-order valence-electron chi connectivity index (χ1n) is 7.82. The van der Waals surface area contributed by atoms with Crippen molar-refractivity contribution >= 4 is 35.5 Å². The topological polar surface area (TPSA) is 48.4 Å². The first-order chi connectivity index (χ1) is 10.7. The Morgan fingerprint density at radius 2 is 1.91 bits per heavy atom. The lowest BCUT2D eigenvalue weighted by Crippen LogP contribution is -2.41. The van der Waals surface area contributed by atoms with E-state index in [4.69, 9.17) is 9.31 Å². The summed E-state index contributed by atoms with van der Waals surface area (Å²) >= 11 is 1.34. The van der Waals surface area contributed by atoms with Crippen molar-refractivity contribution in [3.63, 3.8) is 0 Å². The summed E-state index contributed by atoms with van der Waals surface area (Å²) in [5, 5.41) is 0.155. The largest absolute Gasteiger partial charge is 0.496 e. The summed E-state index contributed by atoms with van der Waals surface area (Å²) in [7, 11) is -0.394. The summed E-state index contributed by atoms with van der Waals surface area (Å²) in [6.07, 6.45) is 8.52. The van der Waals surface area contributed by atoms with E-state index in [1.165, 1.54) is 11.8 Å². The van der Waals surface area contributed by atoms with Crippen molar-refractivity contribution in [1.29, 1.82) is 0 Å². The van der Waals surface area contributed by atoms with Crippen molar-refractivity contribution in [1.82, 2.24) is 4.98 Å². The number of aromatic nitrogens is 1. The molecule has 0 N–H and O–H groups in total. The molecule has 0 aromatic carbocycles. The van der Waals surface area contributed by atoms with Gasteiger partial charge in [0.05, 0.1) is 11.2 Å². The van der Waals surface area contributed by atoms with E-state index in [1.807, 2.05) is 46.0 Å². The van der Waals surface area contributed by atoms with Crippen LogP contribution < -0.4 is 5.46 Å². The number of rotatable bonds is 5. The van der Waals surface area contributed by atoms with Crippen LogP contribution in [0.1, 0.15) is 46.6 Å². The number of hydrogen-bond acceptors (Lipinski definition) is 5. The summed E-state index contributed by atoms with van der Waals surface area (Å²) in [5.74, 6) is 0.802. The minimum absolute atomic E-state index is 0.155. The first kappa shape index (κ1) is 18.2. The molecule has 0 amide bonds. The number of nitrogens with zero attached hydrogens (tertiary/aromatic N) is 1. The molecule has 23 heavy (non-hydrogen) atoms. The fraction of sp³-hybridized carbons (Fsp3) is 0.529. The second kappa shape index (κ2) is 7.20. The van der Waals surface area contributed by atoms with Gasteiger partial charge in [0.1, 0.15) is 0 Å². The van der Waals surface area contributed by atoms with E-state index in [9.17, 15) is 4.79 Å². The Bertz CT molecular complexity index is 585. The van der Waals surface area contributed by atoms with E-state index >= 15 is 0 Å². The Kier molecular flexibility index (Phi) is 5.71. The highest BCUT2D eigenvalue weighted by molar-refractivity contribution is 8.13. The highest BCUT2D eigenvalue weighted by Gasteiger charge is 2.51. The molecule has 0 unspecified atom stereocenters. The summed E-state index contributed by atoms with van der Waals surface area (Å²) in [6.45, 7) is 9.74. The van der Waals surface area contributed by atoms with Gasteiger partial charge in [-0.25, -0.2) is 0 Å². The van der Waals surface area contributed by atoms with Crippen molar-refractivity contribution in [2.75, 3.05) is 5.75 Å². The molecule has 124 valence electrons. The van der Waals surface area contributed by atoms with Gasteiger partial charge in [-0.05, 0) is 39.7 Å². The van der Waals surface area contributed by atoms with E-state index in [1.54, 1.807) is 13.1 Å². The number of pyridine rings is 1. The standard InChI is InChI=1S/C17H24BNO3S/c1-13(20)23-9-7-6-8-14-10-15(12-19-11-14)18-21-16(2,3)17(4,5)22-18/h6,8,10-12H,7,9H2,1-5H3. The van der Waals surface area contributed by atoms with E-state index < -0.39 is 7.12 Å². The smallest absolute Gasteiger partial charge is 0.399 e. The molecule has 0 bridgehead atoms. The van der Waals surface area contributed by atoms with Crippen molar-refractivity contribution < 1.29 is 14.1 Å². The SMILES string of the molecule is CC(=O)SCCC=Cc1cncc(B2OC(C)(C)C(C)(C)O2)c1. The van der Waals surface area contributed by atoms with Gasteiger partial charge in [-0.1, -0.05) is 30.0 Å². The normalized spacial score (nSPS) is 19.4. The van der Waals surface area contributed by atoms with Crippen LogP contribution >= 0.6 is 11.8 Å². The van der Waals surface area contributed by atoms with Crippen LogP contribution in [0.3, 0.4) is 0 Å². The summed E-state index contributed by atoms with van der Waals surface area (Å²) < 4.78 is 12.1. The second-order valence-electron chi connectivity index (χ2n) is 6.67. The Morgan fingerprint density at radius 1 is 1.26 bits per heavy atom. The number of hydrogen-bond donors (Lipinski definition) is 0. The van der Waals surface area contributed by atoms with Crippen molar-refractivity contribution in [3.05, 3.63) is 30.1 Å². The molecule has 1 aliphatic rings. The minimum Gasteiger partial charge on any atom is -0.399 e.